The highest BCUT2D eigenvalue weighted by atomic mass is 16.5. The maximum absolute atomic E-state index is 12.5. The van der Waals surface area contributed by atoms with E-state index in [4.69, 9.17) is 14.9 Å². The normalized spacial score (nSPS) is 15.0. The van der Waals surface area contributed by atoms with Crippen LogP contribution in [0.15, 0.2) is 53.1 Å². The molecule has 0 atom stereocenters. The van der Waals surface area contributed by atoms with Gasteiger partial charge in [0, 0.05) is 35.2 Å². The summed E-state index contributed by atoms with van der Waals surface area (Å²) in [6, 6.07) is 13.5. The van der Waals surface area contributed by atoms with E-state index in [1.54, 1.807) is 13.4 Å². The summed E-state index contributed by atoms with van der Waals surface area (Å²) >= 11 is 0. The number of piperidine rings is 1. The van der Waals surface area contributed by atoms with Crippen molar-refractivity contribution in [2.24, 2.45) is 11.7 Å². The van der Waals surface area contributed by atoms with Gasteiger partial charge in [0.1, 0.15) is 11.3 Å². The van der Waals surface area contributed by atoms with Crippen LogP contribution in [0.1, 0.15) is 24.0 Å². The Morgan fingerprint density at radius 3 is 2.59 bits per heavy atom. The van der Waals surface area contributed by atoms with Gasteiger partial charge in [0.15, 0.2) is 0 Å². The van der Waals surface area contributed by atoms with E-state index in [0.717, 1.165) is 61.3 Å². The molecule has 0 spiro atoms. The van der Waals surface area contributed by atoms with Crippen molar-refractivity contribution in [3.63, 3.8) is 0 Å². The highest BCUT2D eigenvalue weighted by Gasteiger charge is 2.22. The molecule has 7 heteroatoms. The molecule has 1 saturated heterocycles. The number of anilines is 1. The number of ether oxygens (including phenoxy) is 1. The fourth-order valence-corrected chi connectivity index (χ4v) is 4.19. The minimum atomic E-state index is -0.177. The van der Waals surface area contributed by atoms with Crippen molar-refractivity contribution in [1.29, 1.82) is 0 Å². The smallest absolute Gasteiger partial charge is 0.228 e. The van der Waals surface area contributed by atoms with Gasteiger partial charge in [0.25, 0.3) is 0 Å². The Balaban J connectivity index is 1.26. The standard InChI is InChI=1S/C25H29N3O4/c1-31-21-6-7-22-19(16-32-23(22)15-21)14-24(29)27-20-4-2-17(3-5-20)8-11-28-12-9-18(10-13-28)25(26)30/h2-7,15-16,18H,8-14H2,1H3,(H2,26,30)(H,27,29). The van der Waals surface area contributed by atoms with E-state index in [1.807, 2.05) is 42.5 Å². The lowest BCUT2D eigenvalue weighted by atomic mass is 9.96. The molecular weight excluding hydrogens is 406 g/mol. The number of nitrogens with one attached hydrogen (secondary N) is 1. The molecule has 1 fully saturated rings. The second-order valence-corrected chi connectivity index (χ2v) is 8.31. The molecule has 0 bridgehead atoms. The first-order valence-electron chi connectivity index (χ1n) is 11.0. The number of likely N-dealkylation sites (tertiary alicyclic amines) is 1. The maximum atomic E-state index is 12.5. The number of furan rings is 1. The first kappa shape index (κ1) is 21.9. The van der Waals surface area contributed by atoms with Gasteiger partial charge in [-0.3, -0.25) is 9.59 Å². The Morgan fingerprint density at radius 2 is 1.91 bits per heavy atom. The summed E-state index contributed by atoms with van der Waals surface area (Å²) in [6.45, 7) is 2.78. The van der Waals surface area contributed by atoms with Crippen LogP contribution >= 0.6 is 0 Å². The van der Waals surface area contributed by atoms with Gasteiger partial charge in [-0.25, -0.2) is 0 Å². The summed E-state index contributed by atoms with van der Waals surface area (Å²) in [5.41, 5.74) is 8.94. The molecule has 1 aromatic heterocycles. The summed E-state index contributed by atoms with van der Waals surface area (Å²) in [5, 5.41) is 3.87. The number of nitrogens with zero attached hydrogens (tertiary/aromatic N) is 1. The Morgan fingerprint density at radius 1 is 1.16 bits per heavy atom. The fraction of sp³-hybridized carbons (Fsp3) is 0.360. The number of fused-ring (bicyclic) bond motifs is 1. The molecule has 0 saturated carbocycles. The summed E-state index contributed by atoms with van der Waals surface area (Å²) in [6.07, 6.45) is 4.49. The van der Waals surface area contributed by atoms with Crippen molar-refractivity contribution in [2.75, 3.05) is 32.1 Å². The van der Waals surface area contributed by atoms with E-state index in [2.05, 4.69) is 10.2 Å². The Labute approximate surface area is 187 Å². The van der Waals surface area contributed by atoms with Gasteiger partial charge in [0.05, 0.1) is 19.8 Å². The van der Waals surface area contributed by atoms with Crippen LogP contribution in [0.3, 0.4) is 0 Å². The van der Waals surface area contributed by atoms with Crippen molar-refractivity contribution in [3.8, 4) is 5.75 Å². The largest absolute Gasteiger partial charge is 0.497 e. The van der Waals surface area contributed by atoms with E-state index >= 15 is 0 Å². The number of hydrogen-bond acceptors (Lipinski definition) is 5. The van der Waals surface area contributed by atoms with Crippen LogP contribution < -0.4 is 15.8 Å². The number of nitrogens with two attached hydrogens (primary N) is 1. The minimum absolute atomic E-state index is 0.0250. The second kappa shape index (κ2) is 9.87. The third-order valence-corrected chi connectivity index (χ3v) is 6.16. The van der Waals surface area contributed by atoms with Gasteiger partial charge in [-0.1, -0.05) is 12.1 Å². The summed E-state index contributed by atoms with van der Waals surface area (Å²) in [4.78, 5) is 26.2. The molecule has 2 heterocycles. The predicted octanol–water partition coefficient (Wildman–Crippen LogP) is 3.36. The SMILES string of the molecule is COc1ccc2c(CC(=O)Nc3ccc(CCN4CCC(C(N)=O)CC4)cc3)coc2c1. The first-order chi connectivity index (χ1) is 15.5. The summed E-state index contributed by atoms with van der Waals surface area (Å²) in [5.74, 6) is 0.479. The molecule has 168 valence electrons. The molecular formula is C25H29N3O4. The molecule has 1 aliphatic rings. The van der Waals surface area contributed by atoms with Crippen molar-refractivity contribution in [3.05, 3.63) is 59.9 Å². The van der Waals surface area contributed by atoms with Gasteiger partial charge in [-0.15, -0.1) is 0 Å². The molecule has 0 aliphatic carbocycles. The predicted molar refractivity (Wildman–Crippen MR) is 124 cm³/mol. The molecule has 0 unspecified atom stereocenters. The molecule has 1 aliphatic heterocycles. The van der Waals surface area contributed by atoms with Crippen LogP contribution in [0.25, 0.3) is 11.0 Å². The van der Waals surface area contributed by atoms with Gasteiger partial charge in [0.2, 0.25) is 11.8 Å². The van der Waals surface area contributed by atoms with E-state index in [0.29, 0.717) is 5.58 Å². The second-order valence-electron chi connectivity index (χ2n) is 8.31. The number of rotatable bonds is 8. The van der Waals surface area contributed by atoms with Gasteiger partial charge in [-0.2, -0.15) is 0 Å². The zero-order valence-electron chi connectivity index (χ0n) is 18.3. The first-order valence-corrected chi connectivity index (χ1v) is 11.0. The molecule has 3 N–H and O–H groups in total. The van der Waals surface area contributed by atoms with Crippen molar-refractivity contribution < 1.29 is 18.7 Å². The van der Waals surface area contributed by atoms with E-state index < -0.39 is 0 Å². The number of carbonyl (C=O) groups is 2. The Hall–Kier alpha value is -3.32. The highest BCUT2D eigenvalue weighted by molar-refractivity contribution is 5.95. The van der Waals surface area contributed by atoms with Gasteiger partial charge < -0.3 is 25.1 Å². The van der Waals surface area contributed by atoms with Crippen LogP contribution in [0.5, 0.6) is 5.75 Å². The molecule has 0 radical (unpaired) electrons. The van der Waals surface area contributed by atoms with Gasteiger partial charge >= 0.3 is 0 Å². The molecule has 2 amide bonds. The number of methoxy groups -OCH3 is 1. The zero-order chi connectivity index (χ0) is 22.5. The van der Waals surface area contributed by atoms with Crippen LogP contribution in [-0.4, -0.2) is 43.5 Å². The number of benzene rings is 2. The Bertz CT molecular complexity index is 1080. The highest BCUT2D eigenvalue weighted by Crippen LogP contribution is 2.26. The van der Waals surface area contributed by atoms with Crippen molar-refractivity contribution in [2.45, 2.75) is 25.7 Å². The van der Waals surface area contributed by atoms with E-state index in [9.17, 15) is 9.59 Å². The zero-order valence-corrected chi connectivity index (χ0v) is 18.3. The average molecular weight is 436 g/mol. The topological polar surface area (TPSA) is 97.8 Å². The molecule has 3 aromatic rings. The molecule has 32 heavy (non-hydrogen) atoms. The number of amides is 2. The van der Waals surface area contributed by atoms with Gasteiger partial charge in [-0.05, 0) is 62.2 Å². The minimum Gasteiger partial charge on any atom is -0.497 e. The molecule has 4 rings (SSSR count). The molecule has 2 aromatic carbocycles. The van der Waals surface area contributed by atoms with Crippen molar-refractivity contribution >= 4 is 28.5 Å². The summed E-state index contributed by atoms with van der Waals surface area (Å²) < 4.78 is 10.8. The quantitative estimate of drug-likeness (QED) is 0.565. The lowest BCUT2D eigenvalue weighted by molar-refractivity contribution is -0.123. The maximum Gasteiger partial charge on any atom is 0.228 e. The monoisotopic (exact) mass is 435 g/mol. The third kappa shape index (κ3) is 5.29. The summed E-state index contributed by atoms with van der Waals surface area (Å²) in [7, 11) is 1.61. The van der Waals surface area contributed by atoms with Crippen molar-refractivity contribution in [1.82, 2.24) is 4.90 Å². The third-order valence-electron chi connectivity index (χ3n) is 6.16. The number of primary amides is 1. The van der Waals surface area contributed by atoms with Crippen LogP contribution in [-0.2, 0) is 22.4 Å². The lowest BCUT2D eigenvalue weighted by Gasteiger charge is -2.30. The Kier molecular flexibility index (Phi) is 6.75. The van der Waals surface area contributed by atoms with Crippen LogP contribution in [0, 0.1) is 5.92 Å². The van der Waals surface area contributed by atoms with E-state index in [-0.39, 0.29) is 24.2 Å². The van der Waals surface area contributed by atoms with E-state index in [1.165, 1.54) is 5.56 Å². The lowest BCUT2D eigenvalue weighted by Crippen LogP contribution is -2.39. The van der Waals surface area contributed by atoms with Crippen LogP contribution in [0.2, 0.25) is 0 Å². The average Bonchev–Trinajstić information content (AvgIpc) is 3.20. The molecule has 7 nitrogen and oxygen atoms in total. The van der Waals surface area contributed by atoms with Crippen LogP contribution in [0.4, 0.5) is 5.69 Å². The number of hydrogen-bond donors (Lipinski definition) is 2. The fourth-order valence-electron chi connectivity index (χ4n) is 4.19. The number of carbonyl (C=O) groups excluding carboxylic acids is 2.